The molecule has 1 saturated heterocycles. The van der Waals surface area contributed by atoms with Crippen LogP contribution in [0, 0.1) is 25.2 Å². The maximum absolute atomic E-state index is 9.01. The predicted octanol–water partition coefficient (Wildman–Crippen LogP) is 2.34. The fraction of sp³-hybridized carbons (Fsp3) is 0.533. The van der Waals surface area contributed by atoms with Crippen LogP contribution in [-0.4, -0.2) is 37.6 Å². The Kier molecular flexibility index (Phi) is 3.88. The fourth-order valence-corrected chi connectivity index (χ4v) is 2.84. The van der Waals surface area contributed by atoms with Crippen molar-refractivity contribution in [2.75, 3.05) is 31.6 Å². The molecule has 0 bridgehead atoms. The number of piperazine rings is 1. The largest absolute Gasteiger partial charge is 0.365 e. The van der Waals surface area contributed by atoms with Gasteiger partial charge in [0.15, 0.2) is 0 Å². The topological polar surface area (TPSA) is 30.3 Å². The van der Waals surface area contributed by atoms with Crippen molar-refractivity contribution in [3.8, 4) is 6.07 Å². The van der Waals surface area contributed by atoms with Gasteiger partial charge in [-0.05, 0) is 32.0 Å². The van der Waals surface area contributed by atoms with Gasteiger partial charge in [-0.1, -0.05) is 18.2 Å². The highest BCUT2D eigenvalue weighted by Gasteiger charge is 2.26. The molecule has 1 unspecified atom stereocenters. The quantitative estimate of drug-likeness (QED) is 0.798. The van der Waals surface area contributed by atoms with Crippen molar-refractivity contribution in [2.24, 2.45) is 0 Å². The monoisotopic (exact) mass is 243 g/mol. The highest BCUT2D eigenvalue weighted by Crippen LogP contribution is 2.28. The van der Waals surface area contributed by atoms with Crippen LogP contribution in [0.2, 0.25) is 0 Å². The summed E-state index contributed by atoms with van der Waals surface area (Å²) in [5.74, 6) is 0. The third-order valence-corrected chi connectivity index (χ3v) is 3.74. The van der Waals surface area contributed by atoms with Crippen LogP contribution in [0.5, 0.6) is 0 Å². The molecule has 0 aromatic heterocycles. The van der Waals surface area contributed by atoms with Gasteiger partial charge in [0.25, 0.3) is 0 Å². The standard InChI is InChI=1S/C15H21N3/c1-12-5-4-6-13(2)15(12)18-10-9-17(3)11-14(18)7-8-16/h4-6,14H,7,9-11H2,1-3H3. The minimum atomic E-state index is 0.313. The van der Waals surface area contributed by atoms with E-state index in [0.29, 0.717) is 12.5 Å². The summed E-state index contributed by atoms with van der Waals surface area (Å²) in [7, 11) is 2.13. The second-order valence-corrected chi connectivity index (χ2v) is 5.21. The van der Waals surface area contributed by atoms with E-state index in [4.69, 9.17) is 5.26 Å². The average Bonchev–Trinajstić information content (AvgIpc) is 2.32. The number of rotatable bonds is 2. The number of hydrogen-bond donors (Lipinski definition) is 0. The number of nitrogens with zero attached hydrogens (tertiary/aromatic N) is 3. The summed E-state index contributed by atoms with van der Waals surface area (Å²) >= 11 is 0. The van der Waals surface area contributed by atoms with Crippen LogP contribution in [0.1, 0.15) is 17.5 Å². The van der Waals surface area contributed by atoms with Gasteiger partial charge in [0.2, 0.25) is 0 Å². The van der Waals surface area contributed by atoms with Gasteiger partial charge >= 0.3 is 0 Å². The highest BCUT2D eigenvalue weighted by molar-refractivity contribution is 5.60. The molecule has 0 amide bonds. The van der Waals surface area contributed by atoms with E-state index in [1.54, 1.807) is 0 Å². The van der Waals surface area contributed by atoms with Gasteiger partial charge in [-0.25, -0.2) is 0 Å². The second-order valence-electron chi connectivity index (χ2n) is 5.21. The Hall–Kier alpha value is -1.53. The van der Waals surface area contributed by atoms with Crippen LogP contribution in [0.25, 0.3) is 0 Å². The van der Waals surface area contributed by atoms with E-state index in [9.17, 15) is 0 Å². The lowest BCUT2D eigenvalue weighted by atomic mass is 10.0. The number of para-hydroxylation sites is 1. The Balaban J connectivity index is 2.33. The molecule has 18 heavy (non-hydrogen) atoms. The molecule has 1 aliphatic rings. The lowest BCUT2D eigenvalue weighted by molar-refractivity contribution is 0.268. The minimum Gasteiger partial charge on any atom is -0.365 e. The number of benzene rings is 1. The molecule has 1 atom stereocenters. The number of hydrogen-bond acceptors (Lipinski definition) is 3. The second kappa shape index (κ2) is 5.41. The molecule has 0 aliphatic carbocycles. The first-order valence-electron chi connectivity index (χ1n) is 6.52. The third kappa shape index (κ3) is 2.49. The Morgan fingerprint density at radius 2 is 1.94 bits per heavy atom. The zero-order valence-electron chi connectivity index (χ0n) is 11.5. The molecule has 2 rings (SSSR count). The van der Waals surface area contributed by atoms with Gasteiger partial charge < -0.3 is 9.80 Å². The SMILES string of the molecule is Cc1cccc(C)c1N1CCN(C)CC1CC#N. The van der Waals surface area contributed by atoms with Crippen LogP contribution in [0.15, 0.2) is 18.2 Å². The molecule has 3 nitrogen and oxygen atoms in total. The normalized spacial score (nSPS) is 20.8. The van der Waals surface area contributed by atoms with E-state index < -0.39 is 0 Å². The van der Waals surface area contributed by atoms with Crippen LogP contribution in [0.3, 0.4) is 0 Å². The molecule has 0 spiro atoms. The molecular formula is C15H21N3. The van der Waals surface area contributed by atoms with Crippen LogP contribution >= 0.6 is 0 Å². The number of nitriles is 1. The van der Waals surface area contributed by atoms with Crippen molar-refractivity contribution in [3.05, 3.63) is 29.3 Å². The van der Waals surface area contributed by atoms with Crippen molar-refractivity contribution in [1.82, 2.24) is 4.90 Å². The van der Waals surface area contributed by atoms with Crippen LogP contribution in [-0.2, 0) is 0 Å². The molecule has 1 aromatic carbocycles. The predicted molar refractivity (Wildman–Crippen MR) is 74.8 cm³/mol. The number of likely N-dealkylation sites (N-methyl/N-ethyl adjacent to an activating group) is 1. The first kappa shape index (κ1) is 12.9. The molecule has 1 fully saturated rings. The van der Waals surface area contributed by atoms with Crippen LogP contribution in [0.4, 0.5) is 5.69 Å². The van der Waals surface area contributed by atoms with E-state index in [1.807, 2.05) is 0 Å². The van der Waals surface area contributed by atoms with E-state index in [1.165, 1.54) is 16.8 Å². The van der Waals surface area contributed by atoms with Crippen molar-refractivity contribution < 1.29 is 0 Å². The van der Waals surface area contributed by atoms with E-state index in [-0.39, 0.29) is 0 Å². The lowest BCUT2D eigenvalue weighted by Crippen LogP contribution is -2.52. The summed E-state index contributed by atoms with van der Waals surface area (Å²) in [5, 5.41) is 9.01. The summed E-state index contributed by atoms with van der Waals surface area (Å²) in [6.45, 7) is 7.36. The maximum Gasteiger partial charge on any atom is 0.0643 e. The molecular weight excluding hydrogens is 222 g/mol. The molecule has 1 aliphatic heterocycles. The Bertz CT molecular complexity index is 441. The van der Waals surface area contributed by atoms with Gasteiger partial charge in [-0.15, -0.1) is 0 Å². The van der Waals surface area contributed by atoms with Gasteiger partial charge in [0.1, 0.15) is 0 Å². The Morgan fingerprint density at radius 3 is 2.56 bits per heavy atom. The van der Waals surface area contributed by atoms with Gasteiger partial charge in [-0.3, -0.25) is 0 Å². The van der Waals surface area contributed by atoms with Crippen molar-refractivity contribution in [3.63, 3.8) is 0 Å². The van der Waals surface area contributed by atoms with E-state index in [2.05, 4.69) is 55.0 Å². The highest BCUT2D eigenvalue weighted by atomic mass is 15.3. The van der Waals surface area contributed by atoms with Gasteiger partial charge in [-0.2, -0.15) is 5.26 Å². The Labute approximate surface area is 110 Å². The smallest absolute Gasteiger partial charge is 0.0643 e. The zero-order valence-corrected chi connectivity index (χ0v) is 11.5. The number of aryl methyl sites for hydroxylation is 2. The molecule has 0 radical (unpaired) electrons. The van der Waals surface area contributed by atoms with Crippen molar-refractivity contribution >= 4 is 5.69 Å². The molecule has 3 heteroatoms. The Morgan fingerprint density at radius 1 is 1.28 bits per heavy atom. The average molecular weight is 243 g/mol. The molecule has 96 valence electrons. The maximum atomic E-state index is 9.01. The summed E-state index contributed by atoms with van der Waals surface area (Å²) < 4.78 is 0. The van der Waals surface area contributed by atoms with Gasteiger partial charge in [0, 0.05) is 25.3 Å². The van der Waals surface area contributed by atoms with E-state index >= 15 is 0 Å². The third-order valence-electron chi connectivity index (χ3n) is 3.74. The zero-order chi connectivity index (χ0) is 13.1. The summed E-state index contributed by atoms with van der Waals surface area (Å²) in [6.07, 6.45) is 0.595. The lowest BCUT2D eigenvalue weighted by Gasteiger charge is -2.42. The summed E-state index contributed by atoms with van der Waals surface area (Å²) in [4.78, 5) is 4.74. The molecule has 0 saturated carbocycles. The van der Waals surface area contributed by atoms with Crippen molar-refractivity contribution in [2.45, 2.75) is 26.3 Å². The first-order chi connectivity index (χ1) is 8.63. The molecule has 0 N–H and O–H groups in total. The summed E-state index contributed by atoms with van der Waals surface area (Å²) in [6, 6.07) is 9.06. The minimum absolute atomic E-state index is 0.313. The first-order valence-corrected chi connectivity index (χ1v) is 6.52. The van der Waals surface area contributed by atoms with Crippen LogP contribution < -0.4 is 4.90 Å². The fourth-order valence-electron chi connectivity index (χ4n) is 2.84. The number of anilines is 1. The molecule has 1 aromatic rings. The van der Waals surface area contributed by atoms with Crippen molar-refractivity contribution in [1.29, 1.82) is 5.26 Å². The summed E-state index contributed by atoms with van der Waals surface area (Å²) in [5.41, 5.74) is 3.94. The van der Waals surface area contributed by atoms with Gasteiger partial charge in [0.05, 0.1) is 18.5 Å². The van der Waals surface area contributed by atoms with E-state index in [0.717, 1.165) is 19.6 Å². The molecule has 1 heterocycles.